The molecule has 0 aliphatic heterocycles. The molecule has 1 atom stereocenters. The second kappa shape index (κ2) is 13.9. The molecule has 2 amide bonds. The summed E-state index contributed by atoms with van der Waals surface area (Å²) in [6.07, 6.45) is 5.12. The molecule has 1 aliphatic rings. The van der Waals surface area contributed by atoms with Crippen LogP contribution in [0.25, 0.3) is 0 Å². The van der Waals surface area contributed by atoms with Gasteiger partial charge in [-0.2, -0.15) is 0 Å². The number of carbonyl (C=O) groups excluding carboxylic acids is 2. The third kappa shape index (κ3) is 7.50. The molecule has 0 radical (unpaired) electrons. The number of hydrogen-bond acceptors (Lipinski definition) is 5. The number of ether oxygens (including phenoxy) is 1. The molecule has 42 heavy (non-hydrogen) atoms. The molecular formula is C33H41N3O5S. The monoisotopic (exact) mass is 591 g/mol. The zero-order chi connectivity index (χ0) is 30.3. The fourth-order valence-corrected chi connectivity index (χ4v) is 6.68. The minimum absolute atomic E-state index is 0.0768. The quantitative estimate of drug-likeness (QED) is 0.323. The van der Waals surface area contributed by atoms with Crippen LogP contribution in [-0.2, 0) is 26.2 Å². The zero-order valence-electron chi connectivity index (χ0n) is 24.9. The number of hydrogen-bond donors (Lipinski definition) is 1. The van der Waals surface area contributed by atoms with Gasteiger partial charge in [-0.15, -0.1) is 0 Å². The lowest BCUT2D eigenvalue weighted by Gasteiger charge is -2.33. The lowest BCUT2D eigenvalue weighted by atomic mass is 9.95. The highest BCUT2D eigenvalue weighted by Crippen LogP contribution is 2.27. The van der Waals surface area contributed by atoms with Gasteiger partial charge in [-0.05, 0) is 86.7 Å². The highest BCUT2D eigenvalue weighted by atomic mass is 32.2. The number of carbonyl (C=O) groups is 2. The number of anilines is 1. The van der Waals surface area contributed by atoms with Crippen molar-refractivity contribution in [1.82, 2.24) is 10.2 Å². The standard InChI is InChI=1S/C33H41N3O5S/c1-24-18-19-29(20-25(24)2)36(42(39,40)31-16-9-6-10-17-31)23-32(37)35(22-27-12-11-15-30(21-27)41-4)26(3)33(38)34-28-13-7-5-8-14-28/h6,9-12,15-21,26,28H,5,7-8,13-14,22-23H2,1-4H3,(H,34,38)/t26-/m0/s1. The SMILES string of the molecule is COc1cccc(CN(C(=O)CN(c2ccc(C)c(C)c2)S(=O)(=O)c2ccccc2)[C@@H](C)C(=O)NC2CCCCC2)c1. The predicted molar refractivity (Wildman–Crippen MR) is 165 cm³/mol. The first-order valence-corrected chi connectivity index (χ1v) is 15.9. The average Bonchev–Trinajstić information content (AvgIpc) is 3.00. The van der Waals surface area contributed by atoms with Crippen LogP contribution in [0.1, 0.15) is 55.7 Å². The van der Waals surface area contributed by atoms with Crippen molar-refractivity contribution >= 4 is 27.5 Å². The maximum Gasteiger partial charge on any atom is 0.264 e. The van der Waals surface area contributed by atoms with Crippen molar-refractivity contribution in [3.05, 3.63) is 89.5 Å². The highest BCUT2D eigenvalue weighted by molar-refractivity contribution is 7.92. The number of amides is 2. The fourth-order valence-electron chi connectivity index (χ4n) is 5.25. The Morgan fingerprint density at radius 1 is 0.929 bits per heavy atom. The first-order valence-electron chi connectivity index (χ1n) is 14.5. The maximum atomic E-state index is 14.2. The number of rotatable bonds is 11. The Kier molecular flexibility index (Phi) is 10.3. The van der Waals surface area contributed by atoms with E-state index in [2.05, 4.69) is 5.32 Å². The molecule has 8 nitrogen and oxygen atoms in total. The Morgan fingerprint density at radius 2 is 1.64 bits per heavy atom. The predicted octanol–water partition coefficient (Wildman–Crippen LogP) is 5.37. The molecule has 3 aromatic rings. The minimum Gasteiger partial charge on any atom is -0.497 e. The van der Waals surface area contributed by atoms with Gasteiger partial charge >= 0.3 is 0 Å². The van der Waals surface area contributed by atoms with Crippen LogP contribution in [0.4, 0.5) is 5.69 Å². The summed E-state index contributed by atoms with van der Waals surface area (Å²) in [4.78, 5) is 29.2. The molecule has 1 N–H and O–H groups in total. The summed E-state index contributed by atoms with van der Waals surface area (Å²) in [6, 6.07) is 20.0. The summed E-state index contributed by atoms with van der Waals surface area (Å²) in [5.74, 6) is -0.105. The van der Waals surface area contributed by atoms with Gasteiger partial charge in [0.1, 0.15) is 18.3 Å². The molecule has 0 spiro atoms. The van der Waals surface area contributed by atoms with E-state index in [9.17, 15) is 18.0 Å². The summed E-state index contributed by atoms with van der Waals surface area (Å²) in [5.41, 5.74) is 3.07. The van der Waals surface area contributed by atoms with Crippen molar-refractivity contribution in [2.45, 2.75) is 76.4 Å². The second-order valence-corrected chi connectivity index (χ2v) is 12.8. The van der Waals surface area contributed by atoms with E-state index in [0.29, 0.717) is 11.4 Å². The molecule has 3 aromatic carbocycles. The normalized spacial score (nSPS) is 14.6. The van der Waals surface area contributed by atoms with Crippen LogP contribution in [0.3, 0.4) is 0 Å². The Morgan fingerprint density at radius 3 is 2.31 bits per heavy atom. The number of sulfonamides is 1. The van der Waals surface area contributed by atoms with Crippen molar-refractivity contribution < 1.29 is 22.7 Å². The number of methoxy groups -OCH3 is 1. The molecule has 0 aromatic heterocycles. The van der Waals surface area contributed by atoms with Crippen LogP contribution in [-0.4, -0.2) is 50.9 Å². The van der Waals surface area contributed by atoms with Gasteiger partial charge in [0.25, 0.3) is 10.0 Å². The molecule has 0 unspecified atom stereocenters. The van der Waals surface area contributed by atoms with Gasteiger partial charge in [0.2, 0.25) is 11.8 Å². The third-order valence-corrected chi connectivity index (χ3v) is 9.78. The molecule has 1 saturated carbocycles. The molecule has 0 saturated heterocycles. The fraction of sp³-hybridized carbons (Fsp3) is 0.394. The minimum atomic E-state index is -4.10. The van der Waals surface area contributed by atoms with E-state index in [1.807, 2.05) is 44.2 Å². The maximum absolute atomic E-state index is 14.2. The summed E-state index contributed by atoms with van der Waals surface area (Å²) in [6.45, 7) is 5.19. The second-order valence-electron chi connectivity index (χ2n) is 11.0. The summed E-state index contributed by atoms with van der Waals surface area (Å²) in [5, 5.41) is 3.13. The van der Waals surface area contributed by atoms with Crippen LogP contribution in [0.2, 0.25) is 0 Å². The highest BCUT2D eigenvalue weighted by Gasteiger charge is 2.33. The summed E-state index contributed by atoms with van der Waals surface area (Å²) in [7, 11) is -2.53. The van der Waals surface area contributed by atoms with Crippen molar-refractivity contribution in [2.24, 2.45) is 0 Å². The van der Waals surface area contributed by atoms with Gasteiger partial charge in [0.05, 0.1) is 17.7 Å². The first kappa shape index (κ1) is 31.1. The molecule has 0 bridgehead atoms. The van der Waals surface area contributed by atoms with E-state index >= 15 is 0 Å². The lowest BCUT2D eigenvalue weighted by molar-refractivity contribution is -0.139. The van der Waals surface area contributed by atoms with Crippen LogP contribution in [0.5, 0.6) is 5.75 Å². The Balaban J connectivity index is 1.69. The van der Waals surface area contributed by atoms with Crippen LogP contribution in [0.15, 0.2) is 77.7 Å². The number of nitrogens with zero attached hydrogens (tertiary/aromatic N) is 2. The van der Waals surface area contributed by atoms with Gasteiger partial charge < -0.3 is 15.0 Å². The molecule has 1 fully saturated rings. The van der Waals surface area contributed by atoms with Gasteiger partial charge in [-0.25, -0.2) is 8.42 Å². The smallest absolute Gasteiger partial charge is 0.264 e. The van der Waals surface area contributed by atoms with Gasteiger partial charge in [-0.1, -0.05) is 55.7 Å². The van der Waals surface area contributed by atoms with Gasteiger partial charge in [0, 0.05) is 12.6 Å². The summed E-state index contributed by atoms with van der Waals surface area (Å²) < 4.78 is 34.4. The number of aryl methyl sites for hydroxylation is 2. The van der Waals surface area contributed by atoms with Crippen molar-refractivity contribution in [3.63, 3.8) is 0 Å². The number of benzene rings is 3. The Hall–Kier alpha value is -3.85. The van der Waals surface area contributed by atoms with E-state index in [1.165, 1.54) is 17.0 Å². The topological polar surface area (TPSA) is 96.0 Å². The molecule has 1 aliphatic carbocycles. The summed E-state index contributed by atoms with van der Waals surface area (Å²) >= 11 is 0. The average molecular weight is 592 g/mol. The molecule has 224 valence electrons. The van der Waals surface area contributed by atoms with Crippen LogP contribution >= 0.6 is 0 Å². The van der Waals surface area contributed by atoms with Crippen molar-refractivity contribution in [2.75, 3.05) is 18.0 Å². The van der Waals surface area contributed by atoms with Crippen LogP contribution in [0, 0.1) is 13.8 Å². The molecule has 0 heterocycles. The van der Waals surface area contributed by atoms with Crippen LogP contribution < -0.4 is 14.4 Å². The van der Waals surface area contributed by atoms with E-state index in [4.69, 9.17) is 4.74 Å². The molecule has 4 rings (SSSR count). The van der Waals surface area contributed by atoms with Gasteiger partial charge in [-0.3, -0.25) is 13.9 Å². The third-order valence-electron chi connectivity index (χ3n) is 7.99. The van der Waals surface area contributed by atoms with E-state index < -0.39 is 28.5 Å². The Bertz CT molecular complexity index is 1490. The first-order chi connectivity index (χ1) is 20.1. The van der Waals surface area contributed by atoms with E-state index in [-0.39, 0.29) is 23.4 Å². The van der Waals surface area contributed by atoms with Gasteiger partial charge in [0.15, 0.2) is 0 Å². The van der Waals surface area contributed by atoms with Crippen molar-refractivity contribution in [1.29, 1.82) is 0 Å². The zero-order valence-corrected chi connectivity index (χ0v) is 25.7. The van der Waals surface area contributed by atoms with E-state index in [0.717, 1.165) is 53.1 Å². The van der Waals surface area contributed by atoms with E-state index in [1.54, 1.807) is 44.4 Å². The number of nitrogens with one attached hydrogen (secondary N) is 1. The molecular weight excluding hydrogens is 550 g/mol. The van der Waals surface area contributed by atoms with Crippen molar-refractivity contribution in [3.8, 4) is 5.75 Å². The largest absolute Gasteiger partial charge is 0.497 e. The Labute approximate surface area is 249 Å². The lowest BCUT2D eigenvalue weighted by Crippen LogP contribution is -2.53. The molecule has 9 heteroatoms.